The summed E-state index contributed by atoms with van der Waals surface area (Å²) in [6, 6.07) is 0. The summed E-state index contributed by atoms with van der Waals surface area (Å²) in [5, 5.41) is 24.8. The molecule has 0 aliphatic carbocycles. The highest BCUT2D eigenvalue weighted by atomic mass is 32.1. The fourth-order valence-corrected chi connectivity index (χ4v) is 5.51. The minimum atomic E-state index is -1.25. The topological polar surface area (TPSA) is 109 Å². The number of carbonyl (C=O) groups excluding carboxylic acids is 2. The number of thiazole rings is 1. The van der Waals surface area contributed by atoms with Crippen LogP contribution in [0.3, 0.4) is 0 Å². The molecule has 2 aliphatic rings. The molecule has 2 aliphatic heterocycles. The van der Waals surface area contributed by atoms with E-state index in [1.165, 1.54) is 0 Å². The molecule has 3 rings (SSSR count). The highest BCUT2D eigenvalue weighted by molar-refractivity contribution is 7.09. The number of Topliss-reactive ketones (excluding diaryl/α,β-unsaturated/α-hetero) is 1. The number of hydrogen-bond donors (Lipinski definition) is 2. The van der Waals surface area contributed by atoms with E-state index in [9.17, 15) is 19.8 Å². The lowest BCUT2D eigenvalue weighted by atomic mass is 9.72. The van der Waals surface area contributed by atoms with E-state index in [2.05, 4.69) is 4.98 Å². The Morgan fingerprint density at radius 2 is 1.94 bits per heavy atom. The van der Waals surface area contributed by atoms with Crippen molar-refractivity contribution in [1.29, 1.82) is 0 Å². The van der Waals surface area contributed by atoms with Crippen LogP contribution in [0.25, 0.3) is 6.08 Å². The molecular formula is C28H41NO6S. The summed E-state index contributed by atoms with van der Waals surface area (Å²) in [7, 11) is 0. The predicted octanol–water partition coefficient (Wildman–Crippen LogP) is 4.79. The third kappa shape index (κ3) is 6.52. The van der Waals surface area contributed by atoms with Gasteiger partial charge in [0.05, 0.1) is 46.5 Å². The molecule has 0 unspecified atom stereocenters. The number of nitrogens with zero attached hydrogens (tertiary/aromatic N) is 1. The van der Waals surface area contributed by atoms with Crippen LogP contribution >= 0.6 is 11.3 Å². The zero-order chi connectivity index (χ0) is 26.8. The summed E-state index contributed by atoms with van der Waals surface area (Å²) in [6.07, 6.45) is 3.16. The number of hydrogen-bond acceptors (Lipinski definition) is 8. The maximum atomic E-state index is 13.4. The second-order valence-corrected chi connectivity index (χ2v) is 12.1. The number of esters is 1. The Morgan fingerprint density at radius 3 is 2.56 bits per heavy atom. The highest BCUT2D eigenvalue weighted by Crippen LogP contribution is 2.44. The standard InChI is InChI=1S/C28H41NO6S/c1-8-20-25(32)16(2)10-9-11-28(7)23(35-28)13-21(17(3)12-19-15-36-18(4)29-19)34-24(31)14-22(30)27(5,6)26(20)33/h10,12,15,20-23,25,30,32H,8-9,11,13-14H2,1-7H3/b16-10+,17-12?/t20-,21+,22+,23+,25+,28+/m1/s1. The van der Waals surface area contributed by atoms with Gasteiger partial charge in [-0.05, 0) is 64.2 Å². The zero-order valence-electron chi connectivity index (χ0n) is 22.5. The van der Waals surface area contributed by atoms with Crippen LogP contribution in [0, 0.1) is 18.3 Å². The molecule has 0 bridgehead atoms. The molecule has 6 atom stereocenters. The van der Waals surface area contributed by atoms with Crippen LogP contribution < -0.4 is 0 Å². The van der Waals surface area contributed by atoms with Crippen molar-refractivity contribution in [1.82, 2.24) is 4.98 Å². The Labute approximate surface area is 218 Å². The normalized spacial score (nSPS) is 36.0. The third-order valence-electron chi connectivity index (χ3n) is 7.82. The molecule has 0 amide bonds. The van der Waals surface area contributed by atoms with Gasteiger partial charge in [0.25, 0.3) is 0 Å². The van der Waals surface area contributed by atoms with Crippen LogP contribution in [0.5, 0.6) is 0 Å². The van der Waals surface area contributed by atoms with Crippen LogP contribution in [0.4, 0.5) is 0 Å². The number of fused-ring (bicyclic) bond motifs is 1. The fourth-order valence-electron chi connectivity index (χ4n) is 4.94. The predicted molar refractivity (Wildman–Crippen MR) is 140 cm³/mol. The van der Waals surface area contributed by atoms with E-state index in [1.54, 1.807) is 25.2 Å². The van der Waals surface area contributed by atoms with E-state index in [0.717, 1.165) is 28.3 Å². The summed E-state index contributed by atoms with van der Waals surface area (Å²) < 4.78 is 11.9. The molecule has 0 saturated carbocycles. The van der Waals surface area contributed by atoms with E-state index < -0.39 is 35.6 Å². The van der Waals surface area contributed by atoms with Crippen LogP contribution in [-0.2, 0) is 19.1 Å². The Balaban J connectivity index is 1.91. The Kier molecular flexibility index (Phi) is 8.97. The van der Waals surface area contributed by atoms with Gasteiger partial charge in [-0.3, -0.25) is 9.59 Å². The number of aryl methyl sites for hydroxylation is 1. The number of aliphatic hydroxyl groups is 2. The molecule has 2 N–H and O–H groups in total. The van der Waals surface area contributed by atoms with Crippen molar-refractivity contribution in [2.45, 2.75) is 111 Å². The van der Waals surface area contributed by atoms with Crippen LogP contribution in [-0.4, -0.2) is 57.0 Å². The number of aromatic nitrogens is 1. The van der Waals surface area contributed by atoms with Crippen LogP contribution in [0.2, 0.25) is 0 Å². The van der Waals surface area contributed by atoms with Gasteiger partial charge in [0.1, 0.15) is 11.9 Å². The van der Waals surface area contributed by atoms with E-state index in [0.29, 0.717) is 19.3 Å². The minimum absolute atomic E-state index is 0.0753. The van der Waals surface area contributed by atoms with Crippen molar-refractivity contribution < 1.29 is 29.3 Å². The Bertz CT molecular complexity index is 1030. The molecule has 1 saturated heterocycles. The zero-order valence-corrected chi connectivity index (χ0v) is 23.4. The largest absolute Gasteiger partial charge is 0.458 e. The maximum absolute atomic E-state index is 13.4. The van der Waals surface area contributed by atoms with E-state index in [1.807, 2.05) is 52.2 Å². The van der Waals surface area contributed by atoms with Crippen molar-refractivity contribution in [3.05, 3.63) is 33.3 Å². The Morgan fingerprint density at radius 1 is 1.25 bits per heavy atom. The van der Waals surface area contributed by atoms with Gasteiger partial charge in [-0.25, -0.2) is 4.98 Å². The smallest absolute Gasteiger partial charge is 0.309 e. The first-order valence-electron chi connectivity index (χ1n) is 12.8. The molecule has 200 valence electrons. The van der Waals surface area contributed by atoms with Gasteiger partial charge in [-0.1, -0.05) is 26.8 Å². The van der Waals surface area contributed by atoms with Gasteiger partial charge >= 0.3 is 5.97 Å². The van der Waals surface area contributed by atoms with Gasteiger partial charge in [-0.2, -0.15) is 0 Å². The number of allylic oxidation sites excluding steroid dienone is 1. The van der Waals surface area contributed by atoms with Gasteiger partial charge < -0.3 is 19.7 Å². The monoisotopic (exact) mass is 519 g/mol. The van der Waals surface area contributed by atoms with Gasteiger partial charge in [0.15, 0.2) is 0 Å². The fraction of sp³-hybridized carbons (Fsp3) is 0.679. The molecule has 0 spiro atoms. The van der Waals surface area contributed by atoms with Crippen molar-refractivity contribution in [2.24, 2.45) is 11.3 Å². The number of ketones is 1. The number of aliphatic hydroxyl groups excluding tert-OH is 2. The van der Waals surface area contributed by atoms with Crippen molar-refractivity contribution in [3.63, 3.8) is 0 Å². The summed E-state index contributed by atoms with van der Waals surface area (Å²) in [4.78, 5) is 30.9. The number of cyclic esters (lactones) is 1. The second-order valence-electron chi connectivity index (χ2n) is 11.1. The molecule has 3 heterocycles. The molecule has 0 radical (unpaired) electrons. The first-order chi connectivity index (χ1) is 16.8. The molecular weight excluding hydrogens is 478 g/mol. The molecule has 7 nitrogen and oxygen atoms in total. The second kappa shape index (κ2) is 11.3. The van der Waals surface area contributed by atoms with Gasteiger partial charge in [-0.15, -0.1) is 11.3 Å². The third-order valence-corrected chi connectivity index (χ3v) is 8.61. The number of ether oxygens (including phenoxy) is 2. The summed E-state index contributed by atoms with van der Waals surface area (Å²) in [6.45, 7) is 12.8. The molecule has 8 heteroatoms. The van der Waals surface area contributed by atoms with Gasteiger partial charge in [0.2, 0.25) is 0 Å². The molecule has 1 fully saturated rings. The van der Waals surface area contributed by atoms with Crippen LogP contribution in [0.15, 0.2) is 22.6 Å². The molecule has 0 aromatic carbocycles. The number of carbonyl (C=O) groups is 2. The van der Waals surface area contributed by atoms with E-state index in [-0.39, 0.29) is 23.9 Å². The van der Waals surface area contributed by atoms with Crippen molar-refractivity contribution >= 4 is 29.2 Å². The van der Waals surface area contributed by atoms with E-state index >= 15 is 0 Å². The number of epoxide rings is 1. The quantitative estimate of drug-likeness (QED) is 0.336. The first-order valence-corrected chi connectivity index (χ1v) is 13.7. The summed E-state index contributed by atoms with van der Waals surface area (Å²) in [5.74, 6) is -1.51. The molecule has 1 aromatic heterocycles. The minimum Gasteiger partial charge on any atom is -0.458 e. The average Bonchev–Trinajstić information content (AvgIpc) is 3.24. The molecule has 1 aromatic rings. The van der Waals surface area contributed by atoms with E-state index in [4.69, 9.17) is 9.47 Å². The highest BCUT2D eigenvalue weighted by Gasteiger charge is 2.52. The average molecular weight is 520 g/mol. The van der Waals surface area contributed by atoms with Crippen LogP contribution in [0.1, 0.15) is 84.3 Å². The summed E-state index contributed by atoms with van der Waals surface area (Å²) >= 11 is 1.55. The first kappa shape index (κ1) is 28.7. The maximum Gasteiger partial charge on any atom is 0.309 e. The lowest BCUT2D eigenvalue weighted by Gasteiger charge is -2.34. The molecule has 36 heavy (non-hydrogen) atoms. The van der Waals surface area contributed by atoms with Gasteiger partial charge in [0, 0.05) is 17.7 Å². The lowest BCUT2D eigenvalue weighted by Crippen LogP contribution is -2.45. The Hall–Kier alpha value is -1.87. The number of rotatable bonds is 3. The van der Waals surface area contributed by atoms with Crippen molar-refractivity contribution in [2.75, 3.05) is 0 Å². The lowest BCUT2D eigenvalue weighted by molar-refractivity contribution is -0.154. The SMILES string of the molecule is CC[C@H]1C(=O)C(C)(C)[C@@H](O)CC(=O)O[C@H](C(C)=Cc2csc(C)n2)C[C@@H]2O[C@@]2(C)CC/C=C(\C)[C@@H]1O. The van der Waals surface area contributed by atoms with Crippen molar-refractivity contribution in [3.8, 4) is 0 Å². The summed E-state index contributed by atoms with van der Waals surface area (Å²) in [5.41, 5.74) is 0.830.